The van der Waals surface area contributed by atoms with Gasteiger partial charge in [-0.2, -0.15) is 0 Å². The van der Waals surface area contributed by atoms with E-state index in [4.69, 9.17) is 5.73 Å². The van der Waals surface area contributed by atoms with Crippen LogP contribution in [0.2, 0.25) is 0 Å². The Morgan fingerprint density at radius 3 is 3.00 bits per heavy atom. The molecular weight excluding hydrogens is 341 g/mol. The third-order valence-corrected chi connectivity index (χ3v) is 4.54. The molecule has 0 saturated heterocycles. The van der Waals surface area contributed by atoms with Crippen LogP contribution in [-0.4, -0.2) is 16.9 Å². The van der Waals surface area contributed by atoms with Crippen molar-refractivity contribution >= 4 is 34.3 Å². The van der Waals surface area contributed by atoms with Gasteiger partial charge in [-0.1, -0.05) is 6.42 Å². The average molecular weight is 359 g/mol. The molecule has 1 aromatic rings. The van der Waals surface area contributed by atoms with Gasteiger partial charge in [0.2, 0.25) is 5.91 Å². The zero-order valence-electron chi connectivity index (χ0n) is 10.4. The van der Waals surface area contributed by atoms with Gasteiger partial charge in [0, 0.05) is 21.7 Å². The second-order valence-corrected chi connectivity index (χ2v) is 6.09. The minimum atomic E-state index is 0.0366. The summed E-state index contributed by atoms with van der Waals surface area (Å²) >= 11 is 2.24. The molecule has 0 unspecified atom stereocenters. The van der Waals surface area contributed by atoms with E-state index in [2.05, 4.69) is 32.9 Å². The van der Waals surface area contributed by atoms with E-state index in [0.717, 1.165) is 34.8 Å². The van der Waals surface area contributed by atoms with Gasteiger partial charge in [-0.15, -0.1) is 0 Å². The molecule has 0 bridgehead atoms. The van der Waals surface area contributed by atoms with Crippen molar-refractivity contribution < 1.29 is 4.79 Å². The molecule has 1 aliphatic rings. The molecule has 1 aromatic heterocycles. The number of hydrogen-bond acceptors (Lipinski definition) is 3. The summed E-state index contributed by atoms with van der Waals surface area (Å²) in [5.74, 6) is 0.723. The van der Waals surface area contributed by atoms with Crippen molar-refractivity contribution in [2.45, 2.75) is 38.6 Å². The number of carbonyl (C=O) groups is 1. The van der Waals surface area contributed by atoms with Gasteiger partial charge >= 0.3 is 0 Å². The monoisotopic (exact) mass is 359 g/mol. The van der Waals surface area contributed by atoms with E-state index in [1.807, 2.05) is 13.0 Å². The number of rotatable bonds is 2. The van der Waals surface area contributed by atoms with Crippen molar-refractivity contribution in [3.63, 3.8) is 0 Å². The van der Waals surface area contributed by atoms with Crippen molar-refractivity contribution in [3.05, 3.63) is 21.4 Å². The van der Waals surface area contributed by atoms with Gasteiger partial charge in [0.15, 0.2) is 0 Å². The SMILES string of the molecule is Cc1cnc(NC(=O)[C@H]2CCC[C@@H](N)C2)cc1I. The van der Waals surface area contributed by atoms with Gasteiger partial charge in [-0.25, -0.2) is 4.98 Å². The molecule has 5 heteroatoms. The molecule has 1 aliphatic carbocycles. The minimum Gasteiger partial charge on any atom is -0.328 e. The largest absolute Gasteiger partial charge is 0.328 e. The van der Waals surface area contributed by atoms with Crippen LogP contribution in [0, 0.1) is 16.4 Å². The Kier molecular flexibility index (Phi) is 4.55. The van der Waals surface area contributed by atoms with Crippen LogP contribution in [0.1, 0.15) is 31.2 Å². The van der Waals surface area contributed by atoms with Crippen molar-refractivity contribution in [1.29, 1.82) is 0 Å². The van der Waals surface area contributed by atoms with E-state index in [1.165, 1.54) is 0 Å². The van der Waals surface area contributed by atoms with Gasteiger partial charge in [0.25, 0.3) is 0 Å². The summed E-state index contributed by atoms with van der Waals surface area (Å²) in [6.07, 6.45) is 5.57. The lowest BCUT2D eigenvalue weighted by Gasteiger charge is -2.25. The van der Waals surface area contributed by atoms with Gasteiger partial charge in [0.1, 0.15) is 5.82 Å². The molecule has 1 saturated carbocycles. The van der Waals surface area contributed by atoms with Gasteiger partial charge in [-0.05, 0) is 60.4 Å². The number of anilines is 1. The van der Waals surface area contributed by atoms with Crippen LogP contribution < -0.4 is 11.1 Å². The molecule has 1 fully saturated rings. The zero-order chi connectivity index (χ0) is 13.1. The fourth-order valence-corrected chi connectivity index (χ4v) is 2.70. The zero-order valence-corrected chi connectivity index (χ0v) is 12.6. The fraction of sp³-hybridized carbons (Fsp3) is 0.538. The van der Waals surface area contributed by atoms with Crippen LogP contribution >= 0.6 is 22.6 Å². The summed E-state index contributed by atoms with van der Waals surface area (Å²) in [6.45, 7) is 2.00. The van der Waals surface area contributed by atoms with E-state index in [9.17, 15) is 4.79 Å². The third-order valence-electron chi connectivity index (χ3n) is 3.37. The number of aryl methyl sites for hydroxylation is 1. The van der Waals surface area contributed by atoms with Crippen LogP contribution in [0.4, 0.5) is 5.82 Å². The average Bonchev–Trinajstić information content (AvgIpc) is 2.34. The Labute approximate surface area is 121 Å². The molecule has 98 valence electrons. The summed E-state index contributed by atoms with van der Waals surface area (Å²) < 4.78 is 1.11. The first-order chi connectivity index (χ1) is 8.56. The van der Waals surface area contributed by atoms with E-state index < -0.39 is 0 Å². The molecule has 3 N–H and O–H groups in total. The first kappa shape index (κ1) is 13.7. The van der Waals surface area contributed by atoms with Gasteiger partial charge in [-0.3, -0.25) is 4.79 Å². The molecule has 0 spiro atoms. The first-order valence-electron chi connectivity index (χ1n) is 6.25. The normalized spacial score (nSPS) is 23.7. The second-order valence-electron chi connectivity index (χ2n) is 4.93. The van der Waals surface area contributed by atoms with Crippen molar-refractivity contribution in [2.24, 2.45) is 11.7 Å². The number of amides is 1. The van der Waals surface area contributed by atoms with Gasteiger partial charge in [0.05, 0.1) is 0 Å². The van der Waals surface area contributed by atoms with E-state index in [0.29, 0.717) is 5.82 Å². The highest BCUT2D eigenvalue weighted by atomic mass is 127. The lowest BCUT2D eigenvalue weighted by atomic mass is 9.85. The lowest BCUT2D eigenvalue weighted by Crippen LogP contribution is -2.34. The summed E-state index contributed by atoms with van der Waals surface area (Å²) in [5.41, 5.74) is 7.02. The lowest BCUT2D eigenvalue weighted by molar-refractivity contribution is -0.120. The van der Waals surface area contributed by atoms with Crippen molar-refractivity contribution in [3.8, 4) is 0 Å². The number of carbonyl (C=O) groups excluding carboxylic acids is 1. The van der Waals surface area contributed by atoms with Gasteiger partial charge < -0.3 is 11.1 Å². The quantitative estimate of drug-likeness (QED) is 0.798. The molecule has 4 nitrogen and oxygen atoms in total. The summed E-state index contributed by atoms with van der Waals surface area (Å²) in [4.78, 5) is 16.3. The fourth-order valence-electron chi connectivity index (χ4n) is 2.26. The van der Waals surface area contributed by atoms with E-state index in [1.54, 1.807) is 6.20 Å². The first-order valence-corrected chi connectivity index (χ1v) is 7.32. The maximum atomic E-state index is 12.1. The number of aromatic nitrogens is 1. The molecule has 2 rings (SSSR count). The van der Waals surface area contributed by atoms with Crippen molar-refractivity contribution in [1.82, 2.24) is 4.98 Å². The number of pyridine rings is 1. The molecule has 0 aromatic carbocycles. The van der Waals surface area contributed by atoms with Crippen LogP contribution in [-0.2, 0) is 4.79 Å². The second kappa shape index (κ2) is 5.97. The summed E-state index contributed by atoms with van der Waals surface area (Å²) in [5, 5.41) is 2.89. The Bertz CT molecular complexity index is 450. The minimum absolute atomic E-state index is 0.0366. The molecule has 2 atom stereocenters. The Hall–Kier alpha value is -0.690. The van der Waals surface area contributed by atoms with Crippen LogP contribution in [0.25, 0.3) is 0 Å². The van der Waals surface area contributed by atoms with Crippen LogP contribution in [0.5, 0.6) is 0 Å². The molecular formula is C13H18IN3O. The third kappa shape index (κ3) is 3.41. The Morgan fingerprint density at radius 2 is 2.33 bits per heavy atom. The highest BCUT2D eigenvalue weighted by molar-refractivity contribution is 14.1. The Balaban J connectivity index is 2.00. The highest BCUT2D eigenvalue weighted by Gasteiger charge is 2.25. The van der Waals surface area contributed by atoms with Crippen molar-refractivity contribution in [2.75, 3.05) is 5.32 Å². The number of nitrogens with one attached hydrogen (secondary N) is 1. The number of nitrogens with zero attached hydrogens (tertiary/aromatic N) is 1. The predicted octanol–water partition coefficient (Wildman–Crippen LogP) is 2.45. The Morgan fingerprint density at radius 1 is 1.56 bits per heavy atom. The molecule has 0 radical (unpaired) electrons. The maximum Gasteiger partial charge on any atom is 0.228 e. The number of hydrogen-bond donors (Lipinski definition) is 2. The predicted molar refractivity (Wildman–Crippen MR) is 80.3 cm³/mol. The molecule has 1 heterocycles. The number of halogens is 1. The standard InChI is InChI=1S/C13H18IN3O/c1-8-7-16-12(6-11(8)14)17-13(18)9-3-2-4-10(15)5-9/h6-7,9-10H,2-5,15H2,1H3,(H,16,17,18)/t9-,10+/m0/s1. The van der Waals surface area contributed by atoms with E-state index >= 15 is 0 Å². The molecule has 1 amide bonds. The summed E-state index contributed by atoms with van der Waals surface area (Å²) in [6, 6.07) is 2.07. The van der Waals surface area contributed by atoms with Crippen LogP contribution in [0.15, 0.2) is 12.3 Å². The number of nitrogens with two attached hydrogens (primary N) is 1. The maximum absolute atomic E-state index is 12.1. The summed E-state index contributed by atoms with van der Waals surface area (Å²) in [7, 11) is 0. The van der Waals surface area contributed by atoms with E-state index in [-0.39, 0.29) is 17.9 Å². The smallest absolute Gasteiger partial charge is 0.228 e. The topological polar surface area (TPSA) is 68.0 Å². The molecule has 0 aliphatic heterocycles. The van der Waals surface area contributed by atoms with Crippen LogP contribution in [0.3, 0.4) is 0 Å². The highest BCUT2D eigenvalue weighted by Crippen LogP contribution is 2.24. The molecule has 18 heavy (non-hydrogen) atoms.